The molecule has 3 rings (SSSR count). The number of carbonyl (C=O) groups is 1. The third-order valence-electron chi connectivity index (χ3n) is 3.59. The van der Waals surface area contributed by atoms with Gasteiger partial charge in [0, 0.05) is 6.54 Å². The number of ether oxygens (including phenoxy) is 1. The first-order valence-electron chi connectivity index (χ1n) is 5.47. The fourth-order valence-electron chi connectivity index (χ4n) is 2.70. The molecular weight excluding hydrogens is 204 g/mol. The molecule has 0 radical (unpaired) electrons. The SMILES string of the molecule is COc1cccc2c1NC(=O)C21CCNC1. The van der Waals surface area contributed by atoms with E-state index in [0.29, 0.717) is 0 Å². The van der Waals surface area contributed by atoms with Crippen molar-refractivity contribution in [3.05, 3.63) is 23.8 Å². The minimum Gasteiger partial charge on any atom is -0.495 e. The monoisotopic (exact) mass is 218 g/mol. The van der Waals surface area contributed by atoms with E-state index >= 15 is 0 Å². The smallest absolute Gasteiger partial charge is 0.236 e. The van der Waals surface area contributed by atoms with Gasteiger partial charge in [0.2, 0.25) is 5.91 Å². The lowest BCUT2D eigenvalue weighted by Crippen LogP contribution is -2.36. The molecule has 0 aliphatic carbocycles. The van der Waals surface area contributed by atoms with Crippen molar-refractivity contribution in [2.45, 2.75) is 11.8 Å². The second kappa shape index (κ2) is 3.22. The van der Waals surface area contributed by atoms with Crippen LogP contribution < -0.4 is 15.4 Å². The van der Waals surface area contributed by atoms with Gasteiger partial charge < -0.3 is 15.4 Å². The number of hydrogen-bond donors (Lipinski definition) is 2. The summed E-state index contributed by atoms with van der Waals surface area (Å²) in [6.07, 6.45) is 0.860. The summed E-state index contributed by atoms with van der Waals surface area (Å²) >= 11 is 0. The van der Waals surface area contributed by atoms with Crippen molar-refractivity contribution in [3.63, 3.8) is 0 Å². The van der Waals surface area contributed by atoms with Crippen LogP contribution in [0, 0.1) is 0 Å². The van der Waals surface area contributed by atoms with Crippen LogP contribution in [0.15, 0.2) is 18.2 Å². The third kappa shape index (κ3) is 1.05. The number of amides is 1. The Morgan fingerprint density at radius 3 is 3.00 bits per heavy atom. The van der Waals surface area contributed by atoms with Gasteiger partial charge in [-0.15, -0.1) is 0 Å². The molecule has 2 aliphatic rings. The number of rotatable bonds is 1. The van der Waals surface area contributed by atoms with Crippen molar-refractivity contribution in [3.8, 4) is 5.75 Å². The van der Waals surface area contributed by atoms with Crippen LogP contribution in [-0.4, -0.2) is 26.1 Å². The Bertz CT molecular complexity index is 450. The first-order chi connectivity index (χ1) is 7.78. The highest BCUT2D eigenvalue weighted by atomic mass is 16.5. The minimum atomic E-state index is -0.371. The van der Waals surface area contributed by atoms with Gasteiger partial charge in [0.15, 0.2) is 0 Å². The summed E-state index contributed by atoms with van der Waals surface area (Å²) in [5.74, 6) is 0.839. The van der Waals surface area contributed by atoms with E-state index in [9.17, 15) is 4.79 Å². The van der Waals surface area contributed by atoms with Gasteiger partial charge in [0.25, 0.3) is 0 Å². The maximum Gasteiger partial charge on any atom is 0.236 e. The predicted octanol–water partition coefficient (Wildman–Crippen LogP) is 0.878. The number of nitrogens with one attached hydrogen (secondary N) is 2. The van der Waals surface area contributed by atoms with E-state index in [4.69, 9.17) is 4.74 Å². The largest absolute Gasteiger partial charge is 0.495 e. The highest BCUT2D eigenvalue weighted by Crippen LogP contribution is 2.45. The van der Waals surface area contributed by atoms with Crippen molar-refractivity contribution in [1.82, 2.24) is 5.32 Å². The molecule has 1 unspecified atom stereocenters. The lowest BCUT2D eigenvalue weighted by molar-refractivity contribution is -0.120. The quantitative estimate of drug-likeness (QED) is 0.735. The molecule has 1 aromatic rings. The molecule has 0 aromatic heterocycles. The van der Waals surface area contributed by atoms with E-state index in [1.165, 1.54) is 0 Å². The number of anilines is 1. The van der Waals surface area contributed by atoms with Gasteiger partial charge in [-0.2, -0.15) is 0 Å². The molecule has 1 saturated heterocycles. The zero-order valence-corrected chi connectivity index (χ0v) is 9.17. The maximum absolute atomic E-state index is 12.1. The van der Waals surface area contributed by atoms with E-state index in [2.05, 4.69) is 10.6 Å². The van der Waals surface area contributed by atoms with Gasteiger partial charge in [0.05, 0.1) is 18.2 Å². The van der Waals surface area contributed by atoms with Crippen LogP contribution in [0.5, 0.6) is 5.75 Å². The summed E-state index contributed by atoms with van der Waals surface area (Å²) < 4.78 is 5.27. The molecule has 0 bridgehead atoms. The van der Waals surface area contributed by atoms with Crippen LogP contribution in [0.2, 0.25) is 0 Å². The average molecular weight is 218 g/mol. The summed E-state index contributed by atoms with van der Waals surface area (Å²) in [6.45, 7) is 1.61. The molecule has 1 aromatic carbocycles. The van der Waals surface area contributed by atoms with Gasteiger partial charge in [-0.25, -0.2) is 0 Å². The van der Waals surface area contributed by atoms with Crippen molar-refractivity contribution in [2.24, 2.45) is 0 Å². The Balaban J connectivity index is 2.18. The molecule has 1 fully saturated rings. The number of carbonyl (C=O) groups excluding carboxylic acids is 1. The second-order valence-corrected chi connectivity index (χ2v) is 4.35. The van der Waals surface area contributed by atoms with E-state index in [1.54, 1.807) is 7.11 Å². The fraction of sp³-hybridized carbons (Fsp3) is 0.417. The number of hydrogen-bond acceptors (Lipinski definition) is 3. The summed E-state index contributed by atoms with van der Waals surface area (Å²) in [4.78, 5) is 12.1. The lowest BCUT2D eigenvalue weighted by Gasteiger charge is -2.19. The van der Waals surface area contributed by atoms with Crippen LogP contribution in [0.1, 0.15) is 12.0 Å². The van der Waals surface area contributed by atoms with E-state index in [1.807, 2.05) is 18.2 Å². The molecule has 1 amide bonds. The normalized spacial score (nSPS) is 26.9. The van der Waals surface area contributed by atoms with Crippen molar-refractivity contribution < 1.29 is 9.53 Å². The molecule has 0 saturated carbocycles. The molecule has 16 heavy (non-hydrogen) atoms. The number of para-hydroxylation sites is 1. The number of fused-ring (bicyclic) bond motifs is 2. The molecule has 2 N–H and O–H groups in total. The van der Waals surface area contributed by atoms with Crippen LogP contribution >= 0.6 is 0 Å². The van der Waals surface area contributed by atoms with Crippen molar-refractivity contribution >= 4 is 11.6 Å². The van der Waals surface area contributed by atoms with Crippen LogP contribution in [0.4, 0.5) is 5.69 Å². The van der Waals surface area contributed by atoms with Crippen molar-refractivity contribution in [1.29, 1.82) is 0 Å². The molecule has 1 atom stereocenters. The Labute approximate surface area is 94.0 Å². The topological polar surface area (TPSA) is 50.4 Å². The van der Waals surface area contributed by atoms with Crippen LogP contribution in [-0.2, 0) is 10.2 Å². The fourth-order valence-corrected chi connectivity index (χ4v) is 2.70. The maximum atomic E-state index is 12.1. The first-order valence-corrected chi connectivity index (χ1v) is 5.47. The molecule has 2 heterocycles. The summed E-state index contributed by atoms with van der Waals surface area (Å²) in [6, 6.07) is 5.83. The Kier molecular flexibility index (Phi) is 1.94. The highest BCUT2D eigenvalue weighted by Gasteiger charge is 2.49. The highest BCUT2D eigenvalue weighted by molar-refractivity contribution is 6.08. The molecule has 4 heteroatoms. The number of benzene rings is 1. The Hall–Kier alpha value is -1.55. The number of methoxy groups -OCH3 is 1. The van der Waals surface area contributed by atoms with E-state index in [0.717, 1.165) is 36.5 Å². The third-order valence-corrected chi connectivity index (χ3v) is 3.59. The van der Waals surface area contributed by atoms with Crippen LogP contribution in [0.25, 0.3) is 0 Å². The Morgan fingerprint density at radius 2 is 2.31 bits per heavy atom. The molecule has 1 spiro atoms. The van der Waals surface area contributed by atoms with Gasteiger partial charge in [-0.1, -0.05) is 12.1 Å². The van der Waals surface area contributed by atoms with Gasteiger partial charge >= 0.3 is 0 Å². The lowest BCUT2D eigenvalue weighted by atomic mass is 9.81. The Morgan fingerprint density at radius 1 is 1.44 bits per heavy atom. The van der Waals surface area contributed by atoms with Gasteiger partial charge in [-0.3, -0.25) is 4.79 Å². The predicted molar refractivity (Wildman–Crippen MR) is 60.8 cm³/mol. The van der Waals surface area contributed by atoms with Crippen LogP contribution in [0.3, 0.4) is 0 Å². The van der Waals surface area contributed by atoms with Crippen molar-refractivity contribution in [2.75, 3.05) is 25.5 Å². The molecule has 2 aliphatic heterocycles. The zero-order valence-electron chi connectivity index (χ0n) is 9.17. The molecule has 84 valence electrons. The van der Waals surface area contributed by atoms with Gasteiger partial charge in [-0.05, 0) is 24.6 Å². The second-order valence-electron chi connectivity index (χ2n) is 4.35. The van der Waals surface area contributed by atoms with E-state index < -0.39 is 0 Å². The standard InChI is InChI=1S/C12H14N2O2/c1-16-9-4-2-3-8-10(9)14-11(15)12(8)5-6-13-7-12/h2-4,13H,5-7H2,1H3,(H,14,15). The summed E-state index contributed by atoms with van der Waals surface area (Å²) in [7, 11) is 1.62. The van der Waals surface area contributed by atoms with Gasteiger partial charge in [0.1, 0.15) is 5.75 Å². The zero-order chi connectivity index (χ0) is 11.2. The summed E-state index contributed by atoms with van der Waals surface area (Å²) in [5, 5.41) is 6.21. The summed E-state index contributed by atoms with van der Waals surface area (Å²) in [5.41, 5.74) is 1.55. The first kappa shape index (κ1) is 9.66. The molecular formula is C12H14N2O2. The molecule has 4 nitrogen and oxygen atoms in total. The van der Waals surface area contributed by atoms with E-state index in [-0.39, 0.29) is 11.3 Å². The minimum absolute atomic E-state index is 0.0944. The average Bonchev–Trinajstić information content (AvgIpc) is 2.88.